The largest absolute Gasteiger partial charge is 0.489 e. The molecule has 0 radical (unpaired) electrons. The summed E-state index contributed by atoms with van der Waals surface area (Å²) < 4.78 is 5.85. The Balaban J connectivity index is 0.00000289. The molecule has 4 nitrogen and oxygen atoms in total. The molecule has 35 heavy (non-hydrogen) atoms. The molecule has 1 saturated carbocycles. The molecule has 2 N–H and O–H groups in total. The predicted molar refractivity (Wildman–Crippen MR) is 143 cm³/mol. The smallest absolute Gasteiger partial charge is 0.255 e. The molecule has 2 atom stereocenters. The molecular weight excluding hydrogens is 456 g/mol. The van der Waals surface area contributed by atoms with Crippen molar-refractivity contribution in [1.29, 1.82) is 0 Å². The summed E-state index contributed by atoms with van der Waals surface area (Å²) in [5.41, 5.74) is 5.06. The van der Waals surface area contributed by atoms with Gasteiger partial charge in [-0.1, -0.05) is 78.9 Å². The third-order valence-corrected chi connectivity index (χ3v) is 6.14. The van der Waals surface area contributed by atoms with E-state index >= 15 is 0 Å². The molecule has 4 aromatic carbocycles. The first-order valence-electron chi connectivity index (χ1n) is 11.7. The monoisotopic (exact) mass is 484 g/mol. The Morgan fingerprint density at radius 1 is 0.800 bits per heavy atom. The average Bonchev–Trinajstić information content (AvgIpc) is 3.68. The number of carbonyl (C=O) groups excluding carboxylic acids is 1. The van der Waals surface area contributed by atoms with Gasteiger partial charge in [0, 0.05) is 29.8 Å². The molecule has 4 aromatic rings. The van der Waals surface area contributed by atoms with E-state index < -0.39 is 0 Å². The van der Waals surface area contributed by atoms with Crippen molar-refractivity contribution < 1.29 is 9.53 Å². The fourth-order valence-corrected chi connectivity index (χ4v) is 4.12. The second-order valence-electron chi connectivity index (χ2n) is 8.69. The molecule has 0 saturated heterocycles. The van der Waals surface area contributed by atoms with Gasteiger partial charge in [0.25, 0.3) is 5.91 Å². The fraction of sp³-hybridized carbons (Fsp3) is 0.167. The third-order valence-electron chi connectivity index (χ3n) is 6.14. The van der Waals surface area contributed by atoms with E-state index in [1.54, 1.807) is 12.1 Å². The summed E-state index contributed by atoms with van der Waals surface area (Å²) in [6.07, 6.45) is 1.15. The molecule has 1 aliphatic carbocycles. The number of carbonyl (C=O) groups is 1. The van der Waals surface area contributed by atoms with Crippen LogP contribution in [-0.4, -0.2) is 11.9 Å². The minimum absolute atomic E-state index is 0. The molecule has 5 heteroatoms. The number of amides is 1. The van der Waals surface area contributed by atoms with Crippen LogP contribution in [0.3, 0.4) is 0 Å². The molecule has 0 heterocycles. The summed E-state index contributed by atoms with van der Waals surface area (Å²) in [5.74, 6) is 1.06. The van der Waals surface area contributed by atoms with Gasteiger partial charge < -0.3 is 15.4 Å². The lowest BCUT2D eigenvalue weighted by molar-refractivity contribution is 0.102. The van der Waals surface area contributed by atoms with Crippen molar-refractivity contribution >= 4 is 24.0 Å². The van der Waals surface area contributed by atoms with Crippen LogP contribution in [0, 0.1) is 0 Å². The van der Waals surface area contributed by atoms with Gasteiger partial charge in [-0.15, -0.1) is 12.4 Å². The lowest BCUT2D eigenvalue weighted by Gasteiger charge is -2.10. The summed E-state index contributed by atoms with van der Waals surface area (Å²) in [6.45, 7) is 1.36. The first-order valence-corrected chi connectivity index (χ1v) is 11.7. The van der Waals surface area contributed by atoms with E-state index in [-0.39, 0.29) is 18.3 Å². The zero-order valence-corrected chi connectivity index (χ0v) is 20.2. The van der Waals surface area contributed by atoms with Crippen molar-refractivity contribution in [2.45, 2.75) is 31.5 Å². The second kappa shape index (κ2) is 11.7. The van der Waals surface area contributed by atoms with Crippen LogP contribution in [0.4, 0.5) is 5.69 Å². The molecule has 0 bridgehead atoms. The van der Waals surface area contributed by atoms with Crippen LogP contribution in [0.15, 0.2) is 109 Å². The number of rotatable bonds is 9. The second-order valence-corrected chi connectivity index (χ2v) is 8.69. The van der Waals surface area contributed by atoms with E-state index in [1.807, 2.05) is 60.7 Å². The topological polar surface area (TPSA) is 50.4 Å². The minimum atomic E-state index is -0.147. The summed E-state index contributed by atoms with van der Waals surface area (Å²) >= 11 is 0. The van der Waals surface area contributed by atoms with Crippen molar-refractivity contribution in [1.82, 2.24) is 5.32 Å². The van der Waals surface area contributed by atoms with Gasteiger partial charge in [0.15, 0.2) is 0 Å². The van der Waals surface area contributed by atoms with Gasteiger partial charge in [0.05, 0.1) is 0 Å². The number of hydrogen-bond donors (Lipinski definition) is 2. The van der Waals surface area contributed by atoms with Gasteiger partial charge in [-0.25, -0.2) is 0 Å². The number of anilines is 1. The molecule has 5 rings (SSSR count). The van der Waals surface area contributed by atoms with Crippen LogP contribution in [-0.2, 0) is 13.2 Å². The zero-order valence-electron chi connectivity index (χ0n) is 19.4. The highest BCUT2D eigenvalue weighted by molar-refractivity contribution is 6.04. The zero-order chi connectivity index (χ0) is 23.2. The van der Waals surface area contributed by atoms with Crippen molar-refractivity contribution in [2.24, 2.45) is 0 Å². The van der Waals surface area contributed by atoms with Gasteiger partial charge in [0.2, 0.25) is 0 Å². The van der Waals surface area contributed by atoms with Gasteiger partial charge in [-0.05, 0) is 53.4 Å². The minimum Gasteiger partial charge on any atom is -0.489 e. The Morgan fingerprint density at radius 2 is 1.49 bits per heavy atom. The quantitative estimate of drug-likeness (QED) is 0.282. The maximum Gasteiger partial charge on any atom is 0.255 e. The molecular formula is C30H29ClN2O2. The van der Waals surface area contributed by atoms with Crippen molar-refractivity contribution in [3.05, 3.63) is 131 Å². The maximum atomic E-state index is 12.8. The molecule has 0 aliphatic heterocycles. The lowest BCUT2D eigenvalue weighted by Crippen LogP contribution is -2.17. The summed E-state index contributed by atoms with van der Waals surface area (Å²) in [4.78, 5) is 12.8. The van der Waals surface area contributed by atoms with E-state index in [0.717, 1.165) is 24.2 Å². The molecule has 0 spiro atoms. The van der Waals surface area contributed by atoms with Crippen molar-refractivity contribution in [3.63, 3.8) is 0 Å². The molecule has 1 fully saturated rings. The Hall–Kier alpha value is -3.60. The van der Waals surface area contributed by atoms with Crippen LogP contribution >= 0.6 is 12.4 Å². The van der Waals surface area contributed by atoms with E-state index in [0.29, 0.717) is 29.9 Å². The SMILES string of the molecule is Cl.O=C(Nc1ccc(C2CC2NCc2ccccc2)cc1)c1cccc(OCc2ccccc2)c1. The van der Waals surface area contributed by atoms with E-state index in [2.05, 4.69) is 47.0 Å². The van der Waals surface area contributed by atoms with Crippen LogP contribution in [0.2, 0.25) is 0 Å². The van der Waals surface area contributed by atoms with E-state index in [9.17, 15) is 4.79 Å². The standard InChI is InChI=1S/C30H28N2O2.ClH/c33-30(25-12-7-13-27(18-25)34-21-23-10-5-2-6-11-23)32-26-16-14-24(15-17-26)28-19-29(28)31-20-22-8-3-1-4-9-22;/h1-18,28-29,31H,19-21H2,(H,32,33);1H. The molecule has 2 unspecified atom stereocenters. The van der Waals surface area contributed by atoms with E-state index in [4.69, 9.17) is 4.74 Å². The van der Waals surface area contributed by atoms with Crippen molar-refractivity contribution in [3.8, 4) is 5.75 Å². The number of benzene rings is 4. The number of hydrogen-bond acceptors (Lipinski definition) is 3. The molecule has 1 aliphatic rings. The molecule has 0 aromatic heterocycles. The highest BCUT2D eigenvalue weighted by Crippen LogP contribution is 2.41. The average molecular weight is 485 g/mol. The van der Waals surface area contributed by atoms with Gasteiger partial charge in [0.1, 0.15) is 12.4 Å². The summed E-state index contributed by atoms with van der Waals surface area (Å²) in [5, 5.41) is 6.63. The highest BCUT2D eigenvalue weighted by atomic mass is 35.5. The number of nitrogens with one attached hydrogen (secondary N) is 2. The number of halogens is 1. The Labute approximate surface area is 212 Å². The van der Waals surface area contributed by atoms with Crippen LogP contribution in [0.1, 0.15) is 39.4 Å². The Bertz CT molecular complexity index is 1230. The van der Waals surface area contributed by atoms with E-state index in [1.165, 1.54) is 11.1 Å². The maximum absolute atomic E-state index is 12.8. The van der Waals surface area contributed by atoms with Gasteiger partial charge in [-0.2, -0.15) is 0 Å². The van der Waals surface area contributed by atoms with Crippen LogP contribution < -0.4 is 15.4 Å². The van der Waals surface area contributed by atoms with Crippen LogP contribution in [0.25, 0.3) is 0 Å². The van der Waals surface area contributed by atoms with Gasteiger partial charge in [-0.3, -0.25) is 4.79 Å². The molecule has 1 amide bonds. The first-order chi connectivity index (χ1) is 16.7. The van der Waals surface area contributed by atoms with Gasteiger partial charge >= 0.3 is 0 Å². The first kappa shape index (κ1) is 24.5. The Kier molecular flexibility index (Phi) is 8.19. The predicted octanol–water partition coefficient (Wildman–Crippen LogP) is 6.59. The highest BCUT2D eigenvalue weighted by Gasteiger charge is 2.37. The third kappa shape index (κ3) is 6.72. The molecule has 178 valence electrons. The van der Waals surface area contributed by atoms with Crippen LogP contribution in [0.5, 0.6) is 5.75 Å². The normalized spacial score (nSPS) is 16.1. The fourth-order valence-electron chi connectivity index (χ4n) is 4.12. The Morgan fingerprint density at radius 3 is 2.20 bits per heavy atom. The summed E-state index contributed by atoms with van der Waals surface area (Å²) in [7, 11) is 0. The summed E-state index contributed by atoms with van der Waals surface area (Å²) in [6, 6.07) is 36.5. The number of ether oxygens (including phenoxy) is 1. The lowest BCUT2D eigenvalue weighted by atomic mass is 10.1. The van der Waals surface area contributed by atoms with Crippen molar-refractivity contribution in [2.75, 3.05) is 5.32 Å².